The number of hydrogen-bond donors (Lipinski definition) is 0. The molecule has 4 nitrogen and oxygen atoms in total. The zero-order valence-electron chi connectivity index (χ0n) is 10.7. The third kappa shape index (κ3) is 1.55. The second-order valence-corrected chi connectivity index (χ2v) is 5.12. The first-order chi connectivity index (χ1) is 9.74. The Morgan fingerprint density at radius 3 is 2.70 bits per heavy atom. The van der Waals surface area contributed by atoms with Gasteiger partial charge in [-0.15, -0.1) is 0 Å². The van der Waals surface area contributed by atoms with E-state index < -0.39 is 0 Å². The van der Waals surface area contributed by atoms with E-state index in [1.165, 1.54) is 0 Å². The first-order valence-corrected chi connectivity index (χ1v) is 6.58. The van der Waals surface area contributed by atoms with E-state index in [0.717, 1.165) is 33.1 Å². The summed E-state index contributed by atoms with van der Waals surface area (Å²) in [5.74, 6) is 0.746. The minimum absolute atomic E-state index is 0.698. The van der Waals surface area contributed by atoms with Crippen LogP contribution in [0, 0.1) is 0 Å². The van der Waals surface area contributed by atoms with Crippen molar-refractivity contribution in [1.82, 2.24) is 14.9 Å². The highest BCUT2D eigenvalue weighted by atomic mass is 35.5. The standard InChI is InChI=1S/C15H10ClN3O/c1-19-13-7-6-12-14(11(13)8-17-19)15(20-18-12)9-2-4-10(16)5-3-9/h2-8H,1H3. The van der Waals surface area contributed by atoms with E-state index >= 15 is 0 Å². The Kier molecular flexibility index (Phi) is 2.35. The van der Waals surface area contributed by atoms with Crippen LogP contribution in [-0.4, -0.2) is 14.9 Å². The highest BCUT2D eigenvalue weighted by Gasteiger charge is 2.15. The Hall–Kier alpha value is -2.33. The number of halogens is 1. The largest absolute Gasteiger partial charge is 0.355 e. The molecule has 5 heteroatoms. The summed E-state index contributed by atoms with van der Waals surface area (Å²) in [6.07, 6.45) is 1.84. The minimum Gasteiger partial charge on any atom is -0.355 e. The van der Waals surface area contributed by atoms with Crippen molar-refractivity contribution in [3.63, 3.8) is 0 Å². The molecule has 2 heterocycles. The number of rotatable bonds is 1. The fourth-order valence-electron chi connectivity index (χ4n) is 2.47. The van der Waals surface area contributed by atoms with Gasteiger partial charge in [-0.25, -0.2) is 0 Å². The molecule has 20 heavy (non-hydrogen) atoms. The number of benzene rings is 2. The Bertz CT molecular complexity index is 922. The van der Waals surface area contributed by atoms with Crippen molar-refractivity contribution < 1.29 is 4.52 Å². The van der Waals surface area contributed by atoms with E-state index in [9.17, 15) is 0 Å². The van der Waals surface area contributed by atoms with Crippen molar-refractivity contribution in [2.24, 2.45) is 7.05 Å². The van der Waals surface area contributed by atoms with Crippen molar-refractivity contribution in [1.29, 1.82) is 0 Å². The summed E-state index contributed by atoms with van der Waals surface area (Å²) >= 11 is 5.93. The normalized spacial score (nSPS) is 11.5. The lowest BCUT2D eigenvalue weighted by atomic mass is 10.1. The van der Waals surface area contributed by atoms with Crippen LogP contribution in [0.2, 0.25) is 5.02 Å². The van der Waals surface area contributed by atoms with Gasteiger partial charge in [0.2, 0.25) is 0 Å². The van der Waals surface area contributed by atoms with Gasteiger partial charge in [-0.3, -0.25) is 4.68 Å². The molecule has 0 saturated heterocycles. The maximum atomic E-state index is 5.93. The van der Waals surface area contributed by atoms with E-state index in [1.54, 1.807) is 0 Å². The molecule has 0 aliphatic carbocycles. The second-order valence-electron chi connectivity index (χ2n) is 4.68. The molecule has 0 unspecified atom stereocenters. The molecule has 0 spiro atoms. The Morgan fingerprint density at radius 2 is 1.90 bits per heavy atom. The molecule has 4 rings (SSSR count). The van der Waals surface area contributed by atoms with Gasteiger partial charge in [0.05, 0.1) is 17.1 Å². The van der Waals surface area contributed by atoms with Gasteiger partial charge in [0.1, 0.15) is 5.52 Å². The molecule has 2 aromatic carbocycles. The van der Waals surface area contributed by atoms with Crippen molar-refractivity contribution in [3.8, 4) is 11.3 Å². The Labute approximate surface area is 119 Å². The summed E-state index contributed by atoms with van der Waals surface area (Å²) in [7, 11) is 1.92. The summed E-state index contributed by atoms with van der Waals surface area (Å²) < 4.78 is 7.37. The van der Waals surface area contributed by atoms with E-state index in [0.29, 0.717) is 5.02 Å². The summed E-state index contributed by atoms with van der Waals surface area (Å²) in [5, 5.41) is 11.2. The van der Waals surface area contributed by atoms with Gasteiger partial charge in [-0.2, -0.15) is 5.10 Å². The summed E-state index contributed by atoms with van der Waals surface area (Å²) in [5.41, 5.74) is 2.83. The molecule has 4 aromatic rings. The fraction of sp³-hybridized carbons (Fsp3) is 0.0667. The van der Waals surface area contributed by atoms with Crippen molar-refractivity contribution in [2.45, 2.75) is 0 Å². The number of fused-ring (bicyclic) bond motifs is 3. The van der Waals surface area contributed by atoms with Crippen LogP contribution in [0.3, 0.4) is 0 Å². The molecule has 0 saturated carbocycles. The molecular weight excluding hydrogens is 274 g/mol. The van der Waals surface area contributed by atoms with Gasteiger partial charge < -0.3 is 4.52 Å². The van der Waals surface area contributed by atoms with Crippen LogP contribution in [0.5, 0.6) is 0 Å². The highest BCUT2D eigenvalue weighted by Crippen LogP contribution is 2.34. The molecule has 0 radical (unpaired) electrons. The molecule has 2 aromatic heterocycles. The molecular formula is C15H10ClN3O. The van der Waals surface area contributed by atoms with Gasteiger partial charge in [-0.05, 0) is 36.4 Å². The summed E-state index contributed by atoms with van der Waals surface area (Å²) in [6.45, 7) is 0. The molecule has 0 N–H and O–H groups in total. The zero-order chi connectivity index (χ0) is 13.7. The molecule has 0 amide bonds. The number of hydrogen-bond acceptors (Lipinski definition) is 3. The summed E-state index contributed by atoms with van der Waals surface area (Å²) in [6, 6.07) is 11.5. The maximum absolute atomic E-state index is 5.93. The topological polar surface area (TPSA) is 43.9 Å². The van der Waals surface area contributed by atoms with E-state index in [1.807, 2.05) is 54.3 Å². The van der Waals surface area contributed by atoms with Crippen LogP contribution < -0.4 is 0 Å². The number of aromatic nitrogens is 3. The van der Waals surface area contributed by atoms with E-state index in [4.69, 9.17) is 16.1 Å². The molecule has 98 valence electrons. The average molecular weight is 284 g/mol. The van der Waals surface area contributed by atoms with Crippen molar-refractivity contribution in [3.05, 3.63) is 47.6 Å². The Morgan fingerprint density at radius 1 is 1.10 bits per heavy atom. The van der Waals surface area contributed by atoms with E-state index in [-0.39, 0.29) is 0 Å². The molecule has 0 bridgehead atoms. The van der Waals surface area contributed by atoms with Crippen LogP contribution in [0.25, 0.3) is 33.1 Å². The predicted molar refractivity (Wildman–Crippen MR) is 78.7 cm³/mol. The fourth-order valence-corrected chi connectivity index (χ4v) is 2.60. The average Bonchev–Trinajstić information content (AvgIpc) is 3.04. The third-order valence-corrected chi connectivity index (χ3v) is 3.73. The third-order valence-electron chi connectivity index (χ3n) is 3.48. The van der Waals surface area contributed by atoms with Crippen LogP contribution in [0.15, 0.2) is 47.1 Å². The summed E-state index contributed by atoms with van der Waals surface area (Å²) in [4.78, 5) is 0. The smallest absolute Gasteiger partial charge is 0.175 e. The zero-order valence-corrected chi connectivity index (χ0v) is 11.4. The van der Waals surface area contributed by atoms with Crippen LogP contribution >= 0.6 is 11.6 Å². The predicted octanol–water partition coefficient (Wildman–Crippen LogP) is 4.03. The van der Waals surface area contributed by atoms with Gasteiger partial charge >= 0.3 is 0 Å². The van der Waals surface area contributed by atoms with E-state index in [2.05, 4.69) is 10.3 Å². The molecule has 0 fully saturated rings. The maximum Gasteiger partial charge on any atom is 0.175 e. The van der Waals surface area contributed by atoms with Crippen LogP contribution in [0.4, 0.5) is 0 Å². The lowest BCUT2D eigenvalue weighted by Crippen LogP contribution is -1.87. The monoisotopic (exact) mass is 283 g/mol. The quantitative estimate of drug-likeness (QED) is 0.530. The first kappa shape index (κ1) is 11.5. The lowest BCUT2D eigenvalue weighted by Gasteiger charge is -1.98. The first-order valence-electron chi connectivity index (χ1n) is 6.20. The highest BCUT2D eigenvalue weighted by molar-refractivity contribution is 6.30. The van der Waals surface area contributed by atoms with Gasteiger partial charge in [-0.1, -0.05) is 16.8 Å². The van der Waals surface area contributed by atoms with Gasteiger partial charge in [0.25, 0.3) is 0 Å². The van der Waals surface area contributed by atoms with Gasteiger partial charge in [0, 0.05) is 23.0 Å². The minimum atomic E-state index is 0.698. The number of nitrogens with zero attached hydrogens (tertiary/aromatic N) is 3. The molecule has 0 atom stereocenters. The second kappa shape index (κ2) is 4.08. The van der Waals surface area contributed by atoms with Gasteiger partial charge in [0.15, 0.2) is 5.76 Å². The SMILES string of the molecule is Cn1ncc2c3c(-c4ccc(Cl)cc4)onc3ccc21. The number of aryl methyl sites for hydroxylation is 1. The van der Waals surface area contributed by atoms with Crippen molar-refractivity contribution in [2.75, 3.05) is 0 Å². The van der Waals surface area contributed by atoms with Crippen molar-refractivity contribution >= 4 is 33.4 Å². The Balaban J connectivity index is 2.09. The lowest BCUT2D eigenvalue weighted by molar-refractivity contribution is 0.441. The van der Waals surface area contributed by atoms with Crippen LogP contribution in [-0.2, 0) is 7.05 Å². The van der Waals surface area contributed by atoms with Crippen LogP contribution in [0.1, 0.15) is 0 Å². The molecule has 0 aliphatic heterocycles. The molecule has 0 aliphatic rings.